The molecule has 1 aliphatic rings. The van der Waals surface area contributed by atoms with Crippen LogP contribution in [-0.4, -0.2) is 23.9 Å². The van der Waals surface area contributed by atoms with Gasteiger partial charge in [0.2, 0.25) is 5.91 Å². The van der Waals surface area contributed by atoms with E-state index in [9.17, 15) is 4.79 Å². The zero-order valence-electron chi connectivity index (χ0n) is 5.72. The van der Waals surface area contributed by atoms with Crippen LogP contribution in [0.4, 0.5) is 0 Å². The van der Waals surface area contributed by atoms with Gasteiger partial charge in [0.25, 0.3) is 0 Å². The van der Waals surface area contributed by atoms with Gasteiger partial charge in [0.05, 0.1) is 0 Å². The Morgan fingerprint density at radius 1 is 1.50 bits per heavy atom. The molecule has 0 radical (unpaired) electrons. The van der Waals surface area contributed by atoms with Crippen molar-refractivity contribution in [2.75, 3.05) is 13.1 Å². The third-order valence-electron chi connectivity index (χ3n) is 0.934. The second-order valence-corrected chi connectivity index (χ2v) is 1.99. The van der Waals surface area contributed by atoms with Crippen LogP contribution >= 0.6 is 11.6 Å². The summed E-state index contributed by atoms with van der Waals surface area (Å²) in [5, 5.41) is 0. The van der Waals surface area contributed by atoms with E-state index < -0.39 is 0 Å². The summed E-state index contributed by atoms with van der Waals surface area (Å²) in [6, 6.07) is 0. The van der Waals surface area contributed by atoms with Gasteiger partial charge >= 0.3 is 0 Å². The lowest BCUT2D eigenvalue weighted by molar-refractivity contribution is -0.120. The second-order valence-electron chi connectivity index (χ2n) is 1.68. The van der Waals surface area contributed by atoms with Crippen molar-refractivity contribution in [3.8, 4) is 0 Å². The highest BCUT2D eigenvalue weighted by atomic mass is 35.5. The fraction of sp³-hybridized carbons (Fsp3) is 0.286. The molecule has 1 aliphatic heterocycles. The number of halogens is 1. The van der Waals surface area contributed by atoms with Crippen LogP contribution < -0.4 is 0 Å². The first-order valence-corrected chi connectivity index (χ1v) is 3.32. The van der Waals surface area contributed by atoms with Gasteiger partial charge in [0.1, 0.15) is 0 Å². The number of hydrogen-bond acceptors (Lipinski definition) is 1. The fourth-order valence-corrected chi connectivity index (χ4v) is 0.399. The third-order valence-corrected chi connectivity index (χ3v) is 0.934. The van der Waals surface area contributed by atoms with Crippen molar-refractivity contribution in [2.24, 2.45) is 0 Å². The molecule has 0 spiro atoms. The molecule has 1 amide bonds. The minimum Gasteiger partial charge on any atom is -0.336 e. The molecule has 0 aromatic carbocycles. The summed E-state index contributed by atoms with van der Waals surface area (Å²) >= 11 is 4.76. The lowest BCUT2D eigenvalue weighted by Crippen LogP contribution is -2.04. The van der Waals surface area contributed by atoms with E-state index in [1.807, 2.05) is 0 Å². The van der Waals surface area contributed by atoms with Crippen LogP contribution in [0, 0.1) is 0 Å². The Labute approximate surface area is 65.8 Å². The van der Waals surface area contributed by atoms with E-state index in [0.29, 0.717) is 0 Å². The fourth-order valence-electron chi connectivity index (χ4n) is 0.399. The van der Waals surface area contributed by atoms with Gasteiger partial charge in [-0.3, -0.25) is 4.79 Å². The molecular formula is C7H10ClNO. The van der Waals surface area contributed by atoms with Crippen LogP contribution in [0.2, 0.25) is 0 Å². The lowest BCUT2D eigenvalue weighted by Gasteiger charge is -1.87. The van der Waals surface area contributed by atoms with Gasteiger partial charge < -0.3 is 4.90 Å². The minimum atomic E-state index is 0.0556. The maximum absolute atomic E-state index is 10.4. The first-order valence-electron chi connectivity index (χ1n) is 2.88. The Hall–Kier alpha value is -0.760. The summed E-state index contributed by atoms with van der Waals surface area (Å²) < 4.78 is 0. The highest BCUT2D eigenvalue weighted by molar-refractivity contribution is 6.25. The van der Waals surface area contributed by atoms with Crippen molar-refractivity contribution in [1.29, 1.82) is 0 Å². The largest absolute Gasteiger partial charge is 0.336 e. The van der Waals surface area contributed by atoms with Crippen molar-refractivity contribution in [3.05, 3.63) is 24.8 Å². The minimum absolute atomic E-state index is 0.0556. The highest BCUT2D eigenvalue weighted by Crippen LogP contribution is 2.02. The van der Waals surface area contributed by atoms with Crippen LogP contribution in [0.3, 0.4) is 0 Å². The molecule has 0 aliphatic carbocycles. The average Bonchev–Trinajstić information content (AvgIpc) is 2.69. The Bertz CT molecular complexity index is 141. The van der Waals surface area contributed by atoms with Crippen molar-refractivity contribution >= 4 is 17.5 Å². The third kappa shape index (κ3) is 4.15. The molecule has 0 saturated carbocycles. The standard InChI is InChI=1S/C5H7NO.C2H3Cl/c1-2-5(7)6-3-4-6;1-2-3/h2H,1,3-4H2;2H,1H2. The van der Waals surface area contributed by atoms with Gasteiger partial charge in [-0.15, -0.1) is 0 Å². The number of rotatable bonds is 1. The van der Waals surface area contributed by atoms with E-state index in [1.165, 1.54) is 11.6 Å². The van der Waals surface area contributed by atoms with Crippen LogP contribution in [-0.2, 0) is 4.79 Å². The molecule has 0 aromatic heterocycles. The summed E-state index contributed by atoms with van der Waals surface area (Å²) in [6.45, 7) is 8.30. The first-order chi connectivity index (χ1) is 4.76. The Morgan fingerprint density at radius 2 is 1.90 bits per heavy atom. The van der Waals surface area contributed by atoms with Gasteiger partial charge in [-0.2, -0.15) is 0 Å². The molecule has 1 rings (SSSR count). The molecule has 0 unspecified atom stereocenters. The smallest absolute Gasteiger partial charge is 0.246 e. The lowest BCUT2D eigenvalue weighted by atomic mass is 10.6. The van der Waals surface area contributed by atoms with Crippen molar-refractivity contribution < 1.29 is 4.79 Å². The monoisotopic (exact) mass is 159 g/mol. The van der Waals surface area contributed by atoms with Gasteiger partial charge in [-0.25, -0.2) is 0 Å². The van der Waals surface area contributed by atoms with Gasteiger partial charge in [-0.05, 0) is 11.6 Å². The Balaban J connectivity index is 0.000000236. The van der Waals surface area contributed by atoms with E-state index in [2.05, 4.69) is 13.2 Å². The Morgan fingerprint density at radius 3 is 2.00 bits per heavy atom. The van der Waals surface area contributed by atoms with Gasteiger partial charge in [0, 0.05) is 13.1 Å². The number of carbonyl (C=O) groups excluding carboxylic acids is 1. The molecule has 0 aromatic rings. The number of hydrogen-bond donors (Lipinski definition) is 0. The van der Waals surface area contributed by atoms with Crippen molar-refractivity contribution in [1.82, 2.24) is 4.90 Å². The van der Waals surface area contributed by atoms with E-state index >= 15 is 0 Å². The molecule has 1 fully saturated rings. The molecule has 3 heteroatoms. The summed E-state index contributed by atoms with van der Waals surface area (Å²) in [5.41, 5.74) is 1.22. The van der Waals surface area contributed by atoms with Crippen molar-refractivity contribution in [2.45, 2.75) is 0 Å². The zero-order chi connectivity index (χ0) is 7.98. The Kier molecular flexibility index (Phi) is 4.67. The molecule has 56 valence electrons. The number of nitrogens with zero attached hydrogens (tertiary/aromatic N) is 1. The molecule has 10 heavy (non-hydrogen) atoms. The quantitative estimate of drug-likeness (QED) is 0.418. The summed E-state index contributed by atoms with van der Waals surface area (Å²) in [7, 11) is 0. The number of amides is 1. The molecule has 1 saturated heterocycles. The van der Waals surface area contributed by atoms with Crippen LogP contribution in [0.15, 0.2) is 24.8 Å². The van der Waals surface area contributed by atoms with Gasteiger partial charge in [-0.1, -0.05) is 24.8 Å². The summed E-state index contributed by atoms with van der Waals surface area (Å²) in [4.78, 5) is 12.1. The highest BCUT2D eigenvalue weighted by Gasteiger charge is 2.20. The van der Waals surface area contributed by atoms with Crippen LogP contribution in [0.25, 0.3) is 0 Å². The van der Waals surface area contributed by atoms with Crippen molar-refractivity contribution in [3.63, 3.8) is 0 Å². The second kappa shape index (κ2) is 5.06. The summed E-state index contributed by atoms with van der Waals surface area (Å²) in [6.07, 6.45) is 1.34. The zero-order valence-corrected chi connectivity index (χ0v) is 6.47. The maximum Gasteiger partial charge on any atom is 0.246 e. The van der Waals surface area contributed by atoms with Gasteiger partial charge in [0.15, 0.2) is 0 Å². The summed E-state index contributed by atoms with van der Waals surface area (Å²) in [5.74, 6) is 0.0556. The number of carbonyl (C=O) groups is 1. The van der Waals surface area contributed by atoms with E-state index in [1.54, 1.807) is 4.90 Å². The molecule has 2 nitrogen and oxygen atoms in total. The van der Waals surface area contributed by atoms with E-state index in [4.69, 9.17) is 11.6 Å². The normalized spacial score (nSPS) is 12.7. The molecule has 0 bridgehead atoms. The predicted octanol–water partition coefficient (Wildman–Crippen LogP) is 1.38. The maximum atomic E-state index is 10.4. The molecule has 1 heterocycles. The van der Waals surface area contributed by atoms with Crippen LogP contribution in [0.1, 0.15) is 0 Å². The molecule has 0 N–H and O–H groups in total. The first kappa shape index (κ1) is 9.24. The molecular weight excluding hydrogens is 150 g/mol. The molecule has 0 atom stereocenters. The average molecular weight is 160 g/mol. The SMILES string of the molecule is C=CC(=O)N1CC1.C=CCl. The topological polar surface area (TPSA) is 20.1 Å². The van der Waals surface area contributed by atoms with E-state index in [-0.39, 0.29) is 5.91 Å². The van der Waals surface area contributed by atoms with E-state index in [0.717, 1.165) is 13.1 Å². The van der Waals surface area contributed by atoms with Crippen LogP contribution in [0.5, 0.6) is 0 Å². The predicted molar refractivity (Wildman–Crippen MR) is 42.8 cm³/mol.